The number of rotatable bonds is 11. The minimum atomic E-state index is 0.0615. The average molecular weight is 607 g/mol. The molecule has 0 bridgehead atoms. The van der Waals surface area contributed by atoms with Gasteiger partial charge in [0.1, 0.15) is 25.6 Å². The highest BCUT2D eigenvalue weighted by Gasteiger charge is 2.22. The molecule has 0 aromatic heterocycles. The van der Waals surface area contributed by atoms with Crippen LogP contribution in [0.5, 0.6) is 17.2 Å². The van der Waals surface area contributed by atoms with Crippen LogP contribution in [0, 0.1) is 6.92 Å². The summed E-state index contributed by atoms with van der Waals surface area (Å²) in [6.45, 7) is 3.32. The molecule has 5 aromatic rings. The summed E-state index contributed by atoms with van der Waals surface area (Å²) in [6.07, 6.45) is 6.30. The number of para-hydroxylation sites is 2. The summed E-state index contributed by atoms with van der Waals surface area (Å²) in [5, 5.41) is 0. The summed E-state index contributed by atoms with van der Waals surface area (Å²) in [5.74, 6) is 2.15. The van der Waals surface area contributed by atoms with Crippen LogP contribution in [0.3, 0.4) is 0 Å². The minimum absolute atomic E-state index is 0.0615. The zero-order chi connectivity index (χ0) is 31.6. The predicted molar refractivity (Wildman–Crippen MR) is 185 cm³/mol. The number of carbonyl (C=O) groups is 1. The Bertz CT molecular complexity index is 1820. The molecule has 230 valence electrons. The highest BCUT2D eigenvalue weighted by molar-refractivity contribution is 6.14. The Balaban J connectivity index is 1.28. The number of allylic oxidation sites excluding steroid dienone is 2. The van der Waals surface area contributed by atoms with Gasteiger partial charge in [0.25, 0.3) is 0 Å². The molecule has 5 aromatic carbocycles. The molecule has 0 aliphatic heterocycles. The SMILES string of the molecule is Cc1cccc(/C=C2\CCC/C(=C\c3cccc(OCc4ccccc4)c3OCc3ccccc3)C2=O)c1OCc1ccccc1. The Hall–Kier alpha value is -5.35. The first-order valence-corrected chi connectivity index (χ1v) is 15.8. The summed E-state index contributed by atoms with van der Waals surface area (Å²) in [6, 6.07) is 42.2. The first kappa shape index (κ1) is 30.7. The number of ketones is 1. The maximum atomic E-state index is 13.9. The Morgan fingerprint density at radius 1 is 0.522 bits per heavy atom. The van der Waals surface area contributed by atoms with E-state index in [-0.39, 0.29) is 5.78 Å². The average Bonchev–Trinajstić information content (AvgIpc) is 3.09. The molecule has 1 saturated carbocycles. The molecule has 0 N–H and O–H groups in total. The van der Waals surface area contributed by atoms with Gasteiger partial charge in [0.2, 0.25) is 0 Å². The van der Waals surface area contributed by atoms with Crippen LogP contribution in [0.1, 0.15) is 52.6 Å². The second-order valence-electron chi connectivity index (χ2n) is 11.5. The quantitative estimate of drug-likeness (QED) is 0.140. The number of aryl methyl sites for hydroxylation is 1. The summed E-state index contributed by atoms with van der Waals surface area (Å²) in [7, 11) is 0. The highest BCUT2D eigenvalue weighted by Crippen LogP contribution is 2.37. The second-order valence-corrected chi connectivity index (χ2v) is 11.5. The van der Waals surface area contributed by atoms with Crippen molar-refractivity contribution in [1.82, 2.24) is 0 Å². The molecule has 0 amide bonds. The van der Waals surface area contributed by atoms with E-state index >= 15 is 0 Å². The van der Waals surface area contributed by atoms with E-state index in [1.807, 2.05) is 134 Å². The maximum absolute atomic E-state index is 13.9. The monoisotopic (exact) mass is 606 g/mol. The van der Waals surface area contributed by atoms with Crippen molar-refractivity contribution in [1.29, 1.82) is 0 Å². The van der Waals surface area contributed by atoms with Crippen molar-refractivity contribution in [3.8, 4) is 17.2 Å². The molecule has 4 heteroatoms. The van der Waals surface area contributed by atoms with Crippen LogP contribution < -0.4 is 14.2 Å². The topological polar surface area (TPSA) is 44.8 Å². The van der Waals surface area contributed by atoms with E-state index in [9.17, 15) is 4.79 Å². The summed E-state index contributed by atoms with van der Waals surface area (Å²) < 4.78 is 19.0. The van der Waals surface area contributed by atoms with Crippen molar-refractivity contribution in [3.05, 3.63) is 172 Å². The van der Waals surface area contributed by atoms with E-state index < -0.39 is 0 Å². The normalized spacial score (nSPS) is 14.8. The summed E-state index contributed by atoms with van der Waals surface area (Å²) in [5.41, 5.74) is 7.57. The third-order valence-electron chi connectivity index (χ3n) is 8.08. The first-order valence-electron chi connectivity index (χ1n) is 15.8. The van der Waals surface area contributed by atoms with Gasteiger partial charge in [-0.1, -0.05) is 121 Å². The number of hydrogen-bond donors (Lipinski definition) is 0. The predicted octanol–water partition coefficient (Wildman–Crippen LogP) is 9.95. The van der Waals surface area contributed by atoms with Crippen molar-refractivity contribution >= 4 is 17.9 Å². The van der Waals surface area contributed by atoms with Crippen molar-refractivity contribution < 1.29 is 19.0 Å². The van der Waals surface area contributed by atoms with E-state index in [0.717, 1.165) is 63.1 Å². The lowest BCUT2D eigenvalue weighted by Gasteiger charge is -2.19. The summed E-state index contributed by atoms with van der Waals surface area (Å²) in [4.78, 5) is 13.9. The third kappa shape index (κ3) is 7.83. The molecular formula is C42H38O4. The van der Waals surface area contributed by atoms with E-state index in [1.165, 1.54) is 0 Å². The molecule has 0 unspecified atom stereocenters. The van der Waals surface area contributed by atoms with Gasteiger partial charge in [0.05, 0.1) is 0 Å². The van der Waals surface area contributed by atoms with Crippen molar-refractivity contribution in [2.45, 2.75) is 46.0 Å². The number of ether oxygens (including phenoxy) is 3. The van der Waals surface area contributed by atoms with E-state index in [0.29, 0.717) is 37.7 Å². The van der Waals surface area contributed by atoms with Crippen LogP contribution >= 0.6 is 0 Å². The van der Waals surface area contributed by atoms with Gasteiger partial charge in [-0.25, -0.2) is 0 Å². The second kappa shape index (κ2) is 15.1. The third-order valence-corrected chi connectivity index (χ3v) is 8.08. The van der Waals surface area contributed by atoms with Gasteiger partial charge in [-0.2, -0.15) is 0 Å². The Labute approximate surface area is 271 Å². The van der Waals surface area contributed by atoms with E-state index in [2.05, 4.69) is 12.1 Å². The molecule has 46 heavy (non-hydrogen) atoms. The fraction of sp³-hybridized carbons (Fsp3) is 0.167. The lowest BCUT2D eigenvalue weighted by molar-refractivity contribution is -0.112. The van der Waals surface area contributed by atoms with E-state index in [1.54, 1.807) is 0 Å². The fourth-order valence-corrected chi connectivity index (χ4v) is 5.65. The van der Waals surface area contributed by atoms with Crippen molar-refractivity contribution in [2.24, 2.45) is 0 Å². The van der Waals surface area contributed by atoms with Crippen LogP contribution in [-0.2, 0) is 24.6 Å². The Kier molecular flexibility index (Phi) is 10.1. The zero-order valence-corrected chi connectivity index (χ0v) is 26.2. The standard InChI is InChI=1S/C42H38O4/c1-31-14-11-23-37(41(31)45-29-33-17-7-3-8-18-33)26-35-21-12-22-36(40(35)43)27-38-24-13-25-39(44-28-32-15-5-2-6-16-32)42(38)46-30-34-19-9-4-10-20-34/h2-11,13-20,23-27H,12,21-22,28-30H2,1H3/b35-26+,36-27+. The molecule has 1 aliphatic rings. The molecule has 0 heterocycles. The molecular weight excluding hydrogens is 568 g/mol. The lowest BCUT2D eigenvalue weighted by atomic mass is 9.86. The summed E-state index contributed by atoms with van der Waals surface area (Å²) >= 11 is 0. The smallest absolute Gasteiger partial charge is 0.185 e. The molecule has 0 atom stereocenters. The molecule has 1 aliphatic carbocycles. The van der Waals surface area contributed by atoms with Crippen molar-refractivity contribution in [2.75, 3.05) is 0 Å². The highest BCUT2D eigenvalue weighted by atomic mass is 16.5. The van der Waals surface area contributed by atoms with Crippen molar-refractivity contribution in [3.63, 3.8) is 0 Å². The largest absolute Gasteiger partial charge is 0.488 e. The first-order chi connectivity index (χ1) is 22.6. The Morgan fingerprint density at radius 3 is 1.52 bits per heavy atom. The minimum Gasteiger partial charge on any atom is -0.488 e. The van der Waals surface area contributed by atoms with Crippen LogP contribution in [0.15, 0.2) is 139 Å². The number of benzene rings is 5. The van der Waals surface area contributed by atoms with Gasteiger partial charge < -0.3 is 14.2 Å². The number of Topliss-reactive ketones (excluding diaryl/α,β-unsaturated/α-hetero) is 1. The molecule has 4 nitrogen and oxygen atoms in total. The van der Waals surface area contributed by atoms with E-state index in [4.69, 9.17) is 14.2 Å². The van der Waals surface area contributed by atoms with Gasteiger partial charge >= 0.3 is 0 Å². The van der Waals surface area contributed by atoms with Gasteiger partial charge in [0.15, 0.2) is 17.3 Å². The molecule has 0 radical (unpaired) electrons. The molecule has 6 rings (SSSR count). The van der Waals surface area contributed by atoms with Crippen LogP contribution in [-0.4, -0.2) is 5.78 Å². The molecule has 1 fully saturated rings. The van der Waals surface area contributed by atoms with Gasteiger partial charge in [0, 0.05) is 22.3 Å². The fourth-order valence-electron chi connectivity index (χ4n) is 5.65. The maximum Gasteiger partial charge on any atom is 0.185 e. The van der Waals surface area contributed by atoms with Gasteiger partial charge in [-0.05, 0) is 66.7 Å². The molecule has 0 spiro atoms. The van der Waals surface area contributed by atoms with Gasteiger partial charge in [-0.15, -0.1) is 0 Å². The molecule has 0 saturated heterocycles. The zero-order valence-electron chi connectivity index (χ0n) is 26.2. The number of hydrogen-bond acceptors (Lipinski definition) is 4. The lowest BCUT2D eigenvalue weighted by Crippen LogP contribution is -2.12. The Morgan fingerprint density at radius 2 is 0.978 bits per heavy atom. The van der Waals surface area contributed by atoms with Gasteiger partial charge in [-0.3, -0.25) is 4.79 Å². The van der Waals surface area contributed by atoms with Crippen LogP contribution in [0.4, 0.5) is 0 Å². The van der Waals surface area contributed by atoms with Crippen LogP contribution in [0.2, 0.25) is 0 Å². The number of carbonyl (C=O) groups excluding carboxylic acids is 1. The van der Waals surface area contributed by atoms with Crippen LogP contribution in [0.25, 0.3) is 12.2 Å².